The summed E-state index contributed by atoms with van der Waals surface area (Å²) >= 11 is 0. The van der Waals surface area contributed by atoms with Gasteiger partial charge in [0, 0.05) is 12.8 Å². The number of rotatable bonds is 36. The average molecular weight is 847 g/mol. The van der Waals surface area contributed by atoms with Gasteiger partial charge in [-0.1, -0.05) is 153 Å². The van der Waals surface area contributed by atoms with Crippen LogP contribution < -0.4 is 0 Å². The number of phosphoric ester groups is 1. The predicted octanol–water partition coefficient (Wildman–Crippen LogP) is 8.22. The van der Waals surface area contributed by atoms with Gasteiger partial charge in [0.1, 0.15) is 43.2 Å². The van der Waals surface area contributed by atoms with E-state index in [1.54, 1.807) is 0 Å². The van der Waals surface area contributed by atoms with Gasteiger partial charge in [0.2, 0.25) is 0 Å². The molecular weight excluding hydrogens is 767 g/mol. The number of aliphatic hydroxyl groups excluding tert-OH is 5. The quantitative estimate of drug-likeness (QED) is 0.0152. The van der Waals surface area contributed by atoms with Crippen molar-refractivity contribution in [3.63, 3.8) is 0 Å². The Labute approximate surface area is 348 Å². The first kappa shape index (κ1) is 54.1. The molecule has 338 valence electrons. The molecule has 0 aromatic carbocycles. The molecular formula is C44H79O13P. The summed E-state index contributed by atoms with van der Waals surface area (Å²) in [5, 5.41) is 50.1. The highest BCUT2D eigenvalue weighted by Crippen LogP contribution is 2.47. The molecule has 0 aromatic rings. The Bertz CT molecular complexity index is 1160. The lowest BCUT2D eigenvalue weighted by Crippen LogP contribution is -2.64. The molecule has 1 rings (SSSR count). The summed E-state index contributed by atoms with van der Waals surface area (Å²) in [5.41, 5.74) is 0. The monoisotopic (exact) mass is 847 g/mol. The highest BCUT2D eigenvalue weighted by molar-refractivity contribution is 7.47. The highest BCUT2D eigenvalue weighted by Gasteiger charge is 2.51. The lowest BCUT2D eigenvalue weighted by molar-refractivity contribution is -0.220. The van der Waals surface area contributed by atoms with Crippen LogP contribution in [0, 0.1) is 0 Å². The zero-order valence-corrected chi connectivity index (χ0v) is 36.5. The topological polar surface area (TPSA) is 210 Å². The minimum atomic E-state index is -5.12. The minimum absolute atomic E-state index is 0.0953. The van der Waals surface area contributed by atoms with E-state index >= 15 is 0 Å². The Hall–Kier alpha value is -1.93. The molecule has 8 atom stereocenters. The van der Waals surface area contributed by atoms with Crippen molar-refractivity contribution in [1.82, 2.24) is 0 Å². The number of carbonyl (C=O) groups is 2. The Kier molecular flexibility index (Phi) is 32.4. The fraction of sp³-hybridized carbons (Fsp3) is 0.818. The fourth-order valence-corrected chi connectivity index (χ4v) is 7.63. The largest absolute Gasteiger partial charge is 0.472 e. The molecule has 14 heteroatoms. The van der Waals surface area contributed by atoms with E-state index in [4.69, 9.17) is 18.5 Å². The Balaban J connectivity index is 2.48. The van der Waals surface area contributed by atoms with Crippen LogP contribution in [0.5, 0.6) is 0 Å². The van der Waals surface area contributed by atoms with Crippen LogP contribution in [0.4, 0.5) is 0 Å². The number of aliphatic hydroxyl groups is 5. The maximum atomic E-state index is 12.8. The zero-order valence-electron chi connectivity index (χ0n) is 35.6. The van der Waals surface area contributed by atoms with Gasteiger partial charge in [-0.3, -0.25) is 18.6 Å². The number of hydrogen-bond acceptors (Lipinski definition) is 12. The Morgan fingerprint density at radius 2 is 0.983 bits per heavy atom. The van der Waals surface area contributed by atoms with Crippen molar-refractivity contribution in [3.05, 3.63) is 36.5 Å². The number of unbranched alkanes of at least 4 members (excludes halogenated alkanes) is 18. The molecule has 58 heavy (non-hydrogen) atoms. The summed E-state index contributed by atoms with van der Waals surface area (Å²) in [6.45, 7) is 3.17. The SMILES string of the molecule is CC/C=C\C/C=C\C/C=C\CCCCCCCC(=O)OC[C@H](COP(=O)(O)OC1C(O)C(O)C(O)[C@@H](O)C1O)OC(=O)CCCCCCCCCCCCCCCC. The summed E-state index contributed by atoms with van der Waals surface area (Å²) in [7, 11) is -5.12. The van der Waals surface area contributed by atoms with Gasteiger partial charge >= 0.3 is 19.8 Å². The first-order chi connectivity index (χ1) is 27.9. The average Bonchev–Trinajstić information content (AvgIpc) is 3.20. The summed E-state index contributed by atoms with van der Waals surface area (Å²) in [6, 6.07) is 0. The van der Waals surface area contributed by atoms with Gasteiger partial charge in [0.15, 0.2) is 6.10 Å². The normalized spacial score (nSPS) is 22.8. The second-order valence-electron chi connectivity index (χ2n) is 15.5. The van der Waals surface area contributed by atoms with Crippen LogP contribution in [0.15, 0.2) is 36.5 Å². The number of allylic oxidation sites excluding steroid dienone is 6. The van der Waals surface area contributed by atoms with Crippen LogP contribution in [0.1, 0.15) is 174 Å². The summed E-state index contributed by atoms with van der Waals surface area (Å²) in [5.74, 6) is -1.12. The van der Waals surface area contributed by atoms with Gasteiger partial charge in [-0.2, -0.15) is 0 Å². The van der Waals surface area contributed by atoms with Crippen molar-refractivity contribution in [2.45, 2.75) is 217 Å². The molecule has 1 aliphatic carbocycles. The van der Waals surface area contributed by atoms with E-state index in [0.717, 1.165) is 77.0 Å². The van der Waals surface area contributed by atoms with E-state index in [1.807, 2.05) is 0 Å². The van der Waals surface area contributed by atoms with Crippen LogP contribution >= 0.6 is 7.82 Å². The van der Waals surface area contributed by atoms with E-state index in [-0.39, 0.29) is 12.8 Å². The van der Waals surface area contributed by atoms with Crippen LogP contribution in [0.25, 0.3) is 0 Å². The maximum absolute atomic E-state index is 12.8. The Morgan fingerprint density at radius 1 is 0.552 bits per heavy atom. The third-order valence-electron chi connectivity index (χ3n) is 10.2. The molecule has 1 aliphatic rings. The minimum Gasteiger partial charge on any atom is -0.462 e. The lowest BCUT2D eigenvalue weighted by Gasteiger charge is -2.41. The van der Waals surface area contributed by atoms with Crippen LogP contribution in [-0.2, 0) is 32.7 Å². The van der Waals surface area contributed by atoms with Crippen molar-refractivity contribution < 1.29 is 63.1 Å². The summed E-state index contributed by atoms with van der Waals surface area (Å²) in [4.78, 5) is 35.6. The molecule has 0 saturated heterocycles. The molecule has 1 fully saturated rings. The molecule has 0 aromatic heterocycles. The molecule has 1 saturated carbocycles. The van der Waals surface area contributed by atoms with Gasteiger partial charge < -0.3 is 39.9 Å². The van der Waals surface area contributed by atoms with Gasteiger partial charge in [-0.05, 0) is 44.9 Å². The van der Waals surface area contributed by atoms with Gasteiger partial charge in [-0.25, -0.2) is 4.57 Å². The van der Waals surface area contributed by atoms with E-state index < -0.39 is 75.7 Å². The van der Waals surface area contributed by atoms with E-state index in [9.17, 15) is 44.6 Å². The molecule has 0 aliphatic heterocycles. The smallest absolute Gasteiger partial charge is 0.462 e. The third-order valence-corrected chi connectivity index (χ3v) is 11.2. The molecule has 0 heterocycles. The van der Waals surface area contributed by atoms with Crippen LogP contribution in [0.3, 0.4) is 0 Å². The number of carbonyl (C=O) groups excluding carboxylic acids is 2. The molecule has 0 amide bonds. The van der Waals surface area contributed by atoms with Crippen LogP contribution in [-0.4, -0.2) is 98.3 Å². The third kappa shape index (κ3) is 27.0. The predicted molar refractivity (Wildman–Crippen MR) is 226 cm³/mol. The number of ether oxygens (including phenoxy) is 2. The highest BCUT2D eigenvalue weighted by atomic mass is 31.2. The van der Waals surface area contributed by atoms with Crippen molar-refractivity contribution in [3.8, 4) is 0 Å². The van der Waals surface area contributed by atoms with Gasteiger partial charge in [0.25, 0.3) is 0 Å². The lowest BCUT2D eigenvalue weighted by atomic mass is 9.85. The van der Waals surface area contributed by atoms with E-state index in [2.05, 4.69) is 50.3 Å². The number of esters is 2. The second kappa shape index (κ2) is 34.7. The summed E-state index contributed by atoms with van der Waals surface area (Å²) in [6.07, 6.45) is 24.9. The van der Waals surface area contributed by atoms with Crippen molar-refractivity contribution in [2.24, 2.45) is 0 Å². The fourth-order valence-electron chi connectivity index (χ4n) is 6.65. The zero-order chi connectivity index (χ0) is 42.9. The van der Waals surface area contributed by atoms with Crippen LogP contribution in [0.2, 0.25) is 0 Å². The van der Waals surface area contributed by atoms with Crippen molar-refractivity contribution in [2.75, 3.05) is 13.2 Å². The van der Waals surface area contributed by atoms with Gasteiger partial charge in [-0.15, -0.1) is 0 Å². The Morgan fingerprint density at radius 3 is 1.50 bits per heavy atom. The molecule has 6 unspecified atom stereocenters. The molecule has 6 N–H and O–H groups in total. The molecule has 13 nitrogen and oxygen atoms in total. The molecule has 0 spiro atoms. The molecule has 0 radical (unpaired) electrons. The first-order valence-electron chi connectivity index (χ1n) is 22.3. The van der Waals surface area contributed by atoms with Gasteiger partial charge in [0.05, 0.1) is 6.61 Å². The molecule has 0 bridgehead atoms. The number of phosphoric acid groups is 1. The maximum Gasteiger partial charge on any atom is 0.472 e. The first-order valence-corrected chi connectivity index (χ1v) is 23.8. The van der Waals surface area contributed by atoms with E-state index in [1.165, 1.54) is 57.8 Å². The van der Waals surface area contributed by atoms with Crippen molar-refractivity contribution >= 4 is 19.8 Å². The second-order valence-corrected chi connectivity index (χ2v) is 16.9. The standard InChI is InChI=1S/C44H79O13P/c1-3-5-7-9-11-13-15-17-19-21-22-24-26-28-30-32-37(45)54-34-36(35-55-58(52,53)57-44-42(50)40(48)39(47)41(49)43(44)51)56-38(46)33-31-29-27-25-23-20-18-16-14-12-10-8-6-4-2/h5,7,11,13,17,19,36,39-44,47-51H,3-4,6,8-10,12,14-16,18,20-35H2,1-2H3,(H,52,53)/b7-5-,13-11-,19-17-/t36-,39?,40-,41?,42?,43?,44?/m1/s1. The summed E-state index contributed by atoms with van der Waals surface area (Å²) < 4.78 is 33.5. The van der Waals surface area contributed by atoms with E-state index in [0.29, 0.717) is 12.8 Å². The number of hydrogen-bond donors (Lipinski definition) is 6. The van der Waals surface area contributed by atoms with Crippen molar-refractivity contribution in [1.29, 1.82) is 0 Å².